The zero-order chi connectivity index (χ0) is 17.9. The molecule has 1 aromatic heterocycles. The number of halogens is 1. The first-order valence-electron chi connectivity index (χ1n) is 8.38. The minimum absolute atomic E-state index is 0.00692. The molecule has 0 amide bonds. The van der Waals surface area contributed by atoms with Crippen LogP contribution < -0.4 is 0 Å². The van der Waals surface area contributed by atoms with E-state index in [9.17, 15) is 4.79 Å². The summed E-state index contributed by atoms with van der Waals surface area (Å²) >= 11 is 6.29. The lowest BCUT2D eigenvalue weighted by Crippen LogP contribution is -2.48. The van der Waals surface area contributed by atoms with Crippen LogP contribution in [0.3, 0.4) is 0 Å². The summed E-state index contributed by atoms with van der Waals surface area (Å²) in [5, 5.41) is 4.81. The molecule has 6 nitrogen and oxygen atoms in total. The van der Waals surface area contributed by atoms with Crippen LogP contribution in [0, 0.1) is 5.41 Å². The maximum absolute atomic E-state index is 13.3. The van der Waals surface area contributed by atoms with Crippen molar-refractivity contribution in [1.82, 2.24) is 14.8 Å². The topological polar surface area (TPSA) is 66.2 Å². The van der Waals surface area contributed by atoms with Crippen LogP contribution in [0.2, 0.25) is 5.02 Å². The van der Waals surface area contributed by atoms with E-state index in [0.717, 1.165) is 12.0 Å². The van der Waals surface area contributed by atoms with Crippen LogP contribution in [-0.2, 0) is 20.7 Å². The average Bonchev–Trinajstić information content (AvgIpc) is 3.15. The zero-order valence-electron chi connectivity index (χ0n) is 14.4. The van der Waals surface area contributed by atoms with Crippen molar-refractivity contribution in [3.63, 3.8) is 0 Å². The van der Waals surface area contributed by atoms with Gasteiger partial charge in [-0.1, -0.05) is 36.7 Å². The summed E-state index contributed by atoms with van der Waals surface area (Å²) in [6.07, 6.45) is 3.94. The van der Waals surface area contributed by atoms with E-state index < -0.39 is 11.5 Å². The predicted molar refractivity (Wildman–Crippen MR) is 93.3 cm³/mol. The van der Waals surface area contributed by atoms with E-state index in [1.54, 1.807) is 11.0 Å². The highest BCUT2D eigenvalue weighted by atomic mass is 35.5. The average molecular weight is 364 g/mol. The molecule has 1 aliphatic heterocycles. The molecule has 0 aliphatic carbocycles. The van der Waals surface area contributed by atoms with Crippen molar-refractivity contribution in [2.45, 2.75) is 39.0 Å². The highest BCUT2D eigenvalue weighted by Gasteiger charge is 2.43. The molecule has 0 bridgehead atoms. The van der Waals surface area contributed by atoms with Crippen molar-refractivity contribution >= 4 is 17.4 Å². The number of aromatic nitrogens is 3. The van der Waals surface area contributed by atoms with E-state index in [1.807, 2.05) is 38.1 Å². The molecule has 0 N–H and O–H groups in total. The van der Waals surface area contributed by atoms with Gasteiger partial charge in [-0.2, -0.15) is 5.10 Å². The summed E-state index contributed by atoms with van der Waals surface area (Å²) in [5.41, 5.74) is 0.162. The Balaban J connectivity index is 1.85. The van der Waals surface area contributed by atoms with Crippen molar-refractivity contribution in [3.05, 3.63) is 47.5 Å². The molecule has 1 aromatic carbocycles. The number of hydrogen-bond donors (Lipinski definition) is 0. The molecule has 1 fully saturated rings. The molecule has 0 saturated carbocycles. The Labute approximate surface area is 152 Å². The van der Waals surface area contributed by atoms with Gasteiger partial charge in [0.2, 0.25) is 0 Å². The molecule has 3 rings (SSSR count). The lowest BCUT2D eigenvalue weighted by molar-refractivity contribution is -0.224. The molecule has 7 heteroatoms. The first kappa shape index (κ1) is 18.0. The predicted octanol–water partition coefficient (Wildman–Crippen LogP) is 3.07. The summed E-state index contributed by atoms with van der Waals surface area (Å²) in [5.74, 6) is 0.00692. The summed E-state index contributed by atoms with van der Waals surface area (Å²) in [4.78, 5) is 17.3. The molecular formula is C18H22ClN3O3. The van der Waals surface area contributed by atoms with E-state index in [-0.39, 0.29) is 12.1 Å². The molecule has 2 aromatic rings. The van der Waals surface area contributed by atoms with Crippen molar-refractivity contribution in [3.8, 4) is 0 Å². The summed E-state index contributed by atoms with van der Waals surface area (Å²) in [6.45, 7) is 4.53. The van der Waals surface area contributed by atoms with E-state index >= 15 is 0 Å². The molecule has 0 radical (unpaired) electrons. The Morgan fingerprint density at radius 3 is 2.72 bits per heavy atom. The van der Waals surface area contributed by atoms with Gasteiger partial charge in [0.1, 0.15) is 18.7 Å². The number of ketones is 1. The molecule has 134 valence electrons. The highest BCUT2D eigenvalue weighted by Crippen LogP contribution is 2.33. The Hall–Kier alpha value is -1.76. The number of hydrogen-bond acceptors (Lipinski definition) is 5. The second-order valence-electron chi connectivity index (χ2n) is 6.57. The molecule has 1 unspecified atom stereocenters. The van der Waals surface area contributed by atoms with Crippen molar-refractivity contribution in [2.75, 3.05) is 13.2 Å². The third-order valence-electron chi connectivity index (χ3n) is 4.53. The molecule has 1 saturated heterocycles. The van der Waals surface area contributed by atoms with Gasteiger partial charge in [-0.15, -0.1) is 0 Å². The van der Waals surface area contributed by atoms with Crippen LogP contribution in [0.4, 0.5) is 0 Å². The van der Waals surface area contributed by atoms with Gasteiger partial charge in [-0.3, -0.25) is 4.79 Å². The van der Waals surface area contributed by atoms with Crippen LogP contribution in [0.1, 0.15) is 31.9 Å². The zero-order valence-corrected chi connectivity index (χ0v) is 15.1. The molecule has 1 atom stereocenters. The summed E-state index contributed by atoms with van der Waals surface area (Å²) in [7, 11) is 0. The largest absolute Gasteiger partial charge is 0.352 e. The molecule has 25 heavy (non-hydrogen) atoms. The number of carbonyl (C=O) groups is 1. The first-order chi connectivity index (χ1) is 12.0. The number of rotatable bonds is 6. The molecular weight excluding hydrogens is 342 g/mol. The van der Waals surface area contributed by atoms with E-state index in [2.05, 4.69) is 10.1 Å². The van der Waals surface area contributed by atoms with Gasteiger partial charge in [0.15, 0.2) is 12.1 Å². The van der Waals surface area contributed by atoms with E-state index in [1.165, 1.54) is 6.33 Å². The summed E-state index contributed by atoms with van der Waals surface area (Å²) in [6, 6.07) is 7.00. The number of nitrogens with zero attached hydrogens (tertiary/aromatic N) is 3. The second kappa shape index (κ2) is 7.64. The normalized spacial score (nSPS) is 24.8. The Bertz CT molecular complexity index is 712. The van der Waals surface area contributed by atoms with Gasteiger partial charge in [-0.25, -0.2) is 9.67 Å². The fourth-order valence-corrected chi connectivity index (χ4v) is 3.19. The Kier molecular flexibility index (Phi) is 5.51. The van der Waals surface area contributed by atoms with E-state index in [4.69, 9.17) is 21.1 Å². The van der Waals surface area contributed by atoms with Crippen molar-refractivity contribution in [1.29, 1.82) is 0 Å². The quantitative estimate of drug-likeness (QED) is 0.789. The van der Waals surface area contributed by atoms with Crippen LogP contribution in [0.5, 0.6) is 0 Å². The highest BCUT2D eigenvalue weighted by molar-refractivity contribution is 6.31. The SMILES string of the molecule is CCC1OCC(C)(C(=O)C(Cc2ccccc2Cl)n2cncn2)CO1. The maximum atomic E-state index is 13.3. The first-order valence-corrected chi connectivity index (χ1v) is 8.76. The van der Waals surface area contributed by atoms with Crippen LogP contribution in [0.15, 0.2) is 36.9 Å². The fraction of sp³-hybridized carbons (Fsp3) is 0.500. The van der Waals surface area contributed by atoms with Gasteiger partial charge < -0.3 is 9.47 Å². The lowest BCUT2D eigenvalue weighted by atomic mass is 9.81. The van der Waals surface area contributed by atoms with Crippen molar-refractivity contribution in [2.24, 2.45) is 5.41 Å². The van der Waals surface area contributed by atoms with Gasteiger partial charge in [0.05, 0.1) is 18.6 Å². The number of ether oxygens (including phenoxy) is 2. The lowest BCUT2D eigenvalue weighted by Gasteiger charge is -2.37. The monoisotopic (exact) mass is 363 g/mol. The van der Waals surface area contributed by atoms with E-state index in [0.29, 0.717) is 24.7 Å². The minimum Gasteiger partial charge on any atom is -0.352 e. The smallest absolute Gasteiger partial charge is 0.168 e. The van der Waals surface area contributed by atoms with Gasteiger partial charge in [0, 0.05) is 11.4 Å². The third-order valence-corrected chi connectivity index (χ3v) is 4.90. The molecule has 1 aliphatic rings. The minimum atomic E-state index is -0.733. The standard InChI is InChI=1S/C18H22ClN3O3/c1-3-16-24-9-18(2,10-25-16)17(23)15(22-12-20-11-21-22)8-13-6-4-5-7-14(13)19/h4-7,11-12,15-16H,3,8-10H2,1-2H3. The Morgan fingerprint density at radius 1 is 1.40 bits per heavy atom. The molecule has 2 heterocycles. The molecule has 0 spiro atoms. The van der Waals surface area contributed by atoms with Gasteiger partial charge in [-0.05, 0) is 25.0 Å². The number of carbonyl (C=O) groups excluding carboxylic acids is 1. The van der Waals surface area contributed by atoms with Gasteiger partial charge in [0.25, 0.3) is 0 Å². The van der Waals surface area contributed by atoms with Crippen LogP contribution in [0.25, 0.3) is 0 Å². The Morgan fingerprint density at radius 2 is 2.12 bits per heavy atom. The second-order valence-corrected chi connectivity index (χ2v) is 6.98. The number of Topliss-reactive ketones (excluding diaryl/α,β-unsaturated/α-hetero) is 1. The van der Waals surface area contributed by atoms with Crippen LogP contribution in [-0.4, -0.2) is 40.1 Å². The van der Waals surface area contributed by atoms with Crippen LogP contribution >= 0.6 is 11.6 Å². The number of benzene rings is 1. The maximum Gasteiger partial charge on any atom is 0.168 e. The summed E-state index contributed by atoms with van der Waals surface area (Å²) < 4.78 is 13.0. The van der Waals surface area contributed by atoms with Crippen molar-refractivity contribution < 1.29 is 14.3 Å². The third kappa shape index (κ3) is 3.92. The fourth-order valence-electron chi connectivity index (χ4n) is 2.98. The van der Waals surface area contributed by atoms with Gasteiger partial charge >= 0.3 is 0 Å².